The van der Waals surface area contributed by atoms with E-state index in [4.69, 9.17) is 0 Å². The summed E-state index contributed by atoms with van der Waals surface area (Å²) in [6, 6.07) is 0. The molecule has 0 saturated heterocycles. The first kappa shape index (κ1) is 9.00. The van der Waals surface area contributed by atoms with Gasteiger partial charge >= 0.3 is 0 Å². The first-order valence-electron chi connectivity index (χ1n) is 7.38. The molecule has 5 rings (SSSR count). The molecule has 0 aliphatic heterocycles. The van der Waals surface area contributed by atoms with E-state index in [0.717, 1.165) is 34.5 Å². The Bertz CT molecular complexity index is 424. The molecule has 88 valence electrons. The molecule has 0 N–H and O–H groups in total. The molecule has 5 saturated carbocycles. The van der Waals surface area contributed by atoms with Crippen LogP contribution in [-0.2, 0) is 0 Å². The van der Waals surface area contributed by atoms with Crippen LogP contribution in [0.25, 0.3) is 0 Å². The second-order valence-corrected chi connectivity index (χ2v) is 8.90. The summed E-state index contributed by atoms with van der Waals surface area (Å²) in [7, 11) is 0. The summed E-state index contributed by atoms with van der Waals surface area (Å²) < 4.78 is 0. The molecule has 5 fully saturated rings. The smallest absolute Gasteiger partial charge is 0.0186 e. The van der Waals surface area contributed by atoms with Gasteiger partial charge < -0.3 is 0 Å². The van der Waals surface area contributed by atoms with Gasteiger partial charge in [-0.05, 0) is 71.0 Å². The highest BCUT2D eigenvalue weighted by Crippen LogP contribution is 2.94. The number of hydrogen-bond donors (Lipinski definition) is 0. The average Bonchev–Trinajstić information content (AvgIpc) is 2.43. The minimum atomic E-state index is 0.706. The quantitative estimate of drug-likeness (QED) is 0.572. The van der Waals surface area contributed by atoms with Crippen molar-refractivity contribution in [1.29, 1.82) is 0 Å². The molecule has 0 nitrogen and oxygen atoms in total. The predicted octanol–water partition coefficient (Wildman–Crippen LogP) is 4.10. The van der Waals surface area contributed by atoms with E-state index < -0.39 is 0 Å². The lowest BCUT2D eigenvalue weighted by molar-refractivity contribution is -0.334. The van der Waals surface area contributed by atoms with E-state index in [1.165, 1.54) is 0 Å². The molecule has 0 heterocycles. The Balaban J connectivity index is 1.84. The van der Waals surface area contributed by atoms with Gasteiger partial charge in [-0.1, -0.05) is 27.7 Å². The molecule has 8 unspecified atom stereocenters. The molecule has 0 amide bonds. The first-order chi connectivity index (χ1) is 7.38. The van der Waals surface area contributed by atoms with Gasteiger partial charge in [-0.3, -0.25) is 0 Å². The number of hydrogen-bond acceptors (Lipinski definition) is 0. The van der Waals surface area contributed by atoms with Gasteiger partial charge in [-0.25, -0.2) is 0 Å². The van der Waals surface area contributed by atoms with Crippen molar-refractivity contribution >= 4 is 0 Å². The standard InChI is InChI=1S/C16H24/c1-9-12-10-5-16-6-11(10)14(12,3)7-13(2,8-16)15(9,16)4/h9-12H,5-8H2,1-4H3. The lowest BCUT2D eigenvalue weighted by Crippen LogP contribution is -2.75. The zero-order chi connectivity index (χ0) is 11.1. The van der Waals surface area contributed by atoms with Crippen LogP contribution in [-0.4, -0.2) is 0 Å². The molecule has 1 spiro atoms. The third-order valence-electron chi connectivity index (χ3n) is 9.13. The fraction of sp³-hybridized carbons (Fsp3) is 1.00. The summed E-state index contributed by atoms with van der Waals surface area (Å²) >= 11 is 0. The fourth-order valence-corrected chi connectivity index (χ4v) is 8.85. The van der Waals surface area contributed by atoms with Gasteiger partial charge in [-0.2, -0.15) is 0 Å². The Morgan fingerprint density at radius 3 is 2.50 bits per heavy atom. The summed E-state index contributed by atoms with van der Waals surface area (Å²) in [5, 5.41) is 0. The Labute approximate surface area is 99.2 Å². The van der Waals surface area contributed by atoms with Crippen LogP contribution < -0.4 is 0 Å². The molecule has 5 aliphatic rings. The van der Waals surface area contributed by atoms with Crippen molar-refractivity contribution in [2.75, 3.05) is 0 Å². The van der Waals surface area contributed by atoms with Crippen LogP contribution in [0, 0.1) is 45.3 Å². The van der Waals surface area contributed by atoms with Gasteiger partial charge in [0.05, 0.1) is 0 Å². The highest BCUT2D eigenvalue weighted by atomic mass is 14.9. The van der Waals surface area contributed by atoms with E-state index in [1.807, 2.05) is 0 Å². The van der Waals surface area contributed by atoms with E-state index >= 15 is 0 Å². The maximum absolute atomic E-state index is 2.68. The zero-order valence-corrected chi connectivity index (χ0v) is 11.1. The predicted molar refractivity (Wildman–Crippen MR) is 64.9 cm³/mol. The van der Waals surface area contributed by atoms with Crippen LogP contribution >= 0.6 is 0 Å². The summed E-state index contributed by atoms with van der Waals surface area (Å²) in [5.74, 6) is 4.40. The lowest BCUT2D eigenvalue weighted by Gasteiger charge is -2.81. The van der Waals surface area contributed by atoms with Gasteiger partial charge in [-0.15, -0.1) is 0 Å². The average molecular weight is 216 g/mol. The summed E-state index contributed by atoms with van der Waals surface area (Å²) in [6.07, 6.45) is 6.38. The molecule has 0 aromatic rings. The van der Waals surface area contributed by atoms with Gasteiger partial charge in [0.25, 0.3) is 0 Å². The maximum Gasteiger partial charge on any atom is -0.0186 e. The van der Waals surface area contributed by atoms with Crippen molar-refractivity contribution in [3.63, 3.8) is 0 Å². The largest absolute Gasteiger partial charge is 0.0617 e. The molecular formula is C16H24. The Morgan fingerprint density at radius 1 is 1.00 bits per heavy atom. The van der Waals surface area contributed by atoms with Crippen LogP contribution in [0.4, 0.5) is 0 Å². The molecular weight excluding hydrogens is 192 g/mol. The summed E-state index contributed by atoms with van der Waals surface area (Å²) in [6.45, 7) is 10.6. The third kappa shape index (κ3) is 0.483. The van der Waals surface area contributed by atoms with E-state index in [9.17, 15) is 0 Å². The minimum Gasteiger partial charge on any atom is -0.0617 e. The van der Waals surface area contributed by atoms with E-state index in [2.05, 4.69) is 27.7 Å². The second kappa shape index (κ2) is 1.84. The van der Waals surface area contributed by atoms with Gasteiger partial charge in [0.1, 0.15) is 0 Å². The first-order valence-corrected chi connectivity index (χ1v) is 7.38. The van der Waals surface area contributed by atoms with E-state index in [0.29, 0.717) is 10.8 Å². The topological polar surface area (TPSA) is 0 Å². The van der Waals surface area contributed by atoms with Gasteiger partial charge in [0.15, 0.2) is 0 Å². The molecule has 0 radical (unpaired) electrons. The lowest BCUT2D eigenvalue weighted by atomic mass is 9.23. The maximum atomic E-state index is 2.68. The Hall–Kier alpha value is 0. The summed E-state index contributed by atoms with van der Waals surface area (Å²) in [4.78, 5) is 0. The second-order valence-electron chi connectivity index (χ2n) is 8.90. The Kier molecular flexibility index (Phi) is 1.03. The molecule has 4 bridgehead atoms. The molecule has 16 heavy (non-hydrogen) atoms. The van der Waals surface area contributed by atoms with Crippen LogP contribution in [0.5, 0.6) is 0 Å². The normalized spacial score (nSPS) is 81.8. The van der Waals surface area contributed by atoms with Crippen LogP contribution in [0.1, 0.15) is 53.4 Å². The number of fused-ring (bicyclic) bond motifs is 1. The van der Waals surface area contributed by atoms with Gasteiger partial charge in [0, 0.05) is 0 Å². The van der Waals surface area contributed by atoms with Crippen LogP contribution in [0.15, 0.2) is 0 Å². The summed E-state index contributed by atoms with van der Waals surface area (Å²) in [5.41, 5.74) is 2.98. The van der Waals surface area contributed by atoms with E-state index in [1.54, 1.807) is 25.7 Å². The van der Waals surface area contributed by atoms with Gasteiger partial charge in [0.2, 0.25) is 0 Å². The van der Waals surface area contributed by atoms with Crippen molar-refractivity contribution in [3.8, 4) is 0 Å². The SMILES string of the molecule is CC1C2C3CC45CC3C2(C)CC(C)(C4)C15C. The fourth-order valence-electron chi connectivity index (χ4n) is 8.85. The van der Waals surface area contributed by atoms with Crippen molar-refractivity contribution in [1.82, 2.24) is 0 Å². The van der Waals surface area contributed by atoms with Crippen molar-refractivity contribution < 1.29 is 0 Å². The van der Waals surface area contributed by atoms with Crippen LogP contribution in [0.2, 0.25) is 0 Å². The molecule has 0 heteroatoms. The molecule has 8 atom stereocenters. The van der Waals surface area contributed by atoms with Crippen molar-refractivity contribution in [2.24, 2.45) is 45.3 Å². The molecule has 5 aliphatic carbocycles. The van der Waals surface area contributed by atoms with Crippen LogP contribution in [0.3, 0.4) is 0 Å². The number of rotatable bonds is 0. The molecule has 0 aromatic heterocycles. The zero-order valence-electron chi connectivity index (χ0n) is 11.1. The van der Waals surface area contributed by atoms with Crippen molar-refractivity contribution in [3.05, 3.63) is 0 Å². The molecule has 0 aromatic carbocycles. The highest BCUT2D eigenvalue weighted by Gasteiger charge is 2.87. The third-order valence-corrected chi connectivity index (χ3v) is 9.13. The van der Waals surface area contributed by atoms with Crippen molar-refractivity contribution in [2.45, 2.75) is 53.4 Å². The highest BCUT2D eigenvalue weighted by molar-refractivity contribution is 5.35. The Morgan fingerprint density at radius 2 is 1.75 bits per heavy atom. The van der Waals surface area contributed by atoms with E-state index in [-0.39, 0.29) is 0 Å². The monoisotopic (exact) mass is 216 g/mol. The minimum absolute atomic E-state index is 0.706.